The van der Waals surface area contributed by atoms with Crippen LogP contribution in [0.5, 0.6) is 11.5 Å². The van der Waals surface area contributed by atoms with Crippen molar-refractivity contribution in [1.29, 1.82) is 0 Å². The molecule has 2 rings (SSSR count). The van der Waals surface area contributed by atoms with E-state index in [-0.39, 0.29) is 4.90 Å². The van der Waals surface area contributed by atoms with E-state index in [0.29, 0.717) is 16.5 Å². The number of halogens is 1. The fraction of sp³-hybridized carbons (Fsp3) is 0.250. The highest BCUT2D eigenvalue weighted by Crippen LogP contribution is 2.30. The van der Waals surface area contributed by atoms with Crippen molar-refractivity contribution in [3.63, 3.8) is 0 Å². The van der Waals surface area contributed by atoms with Gasteiger partial charge in [-0.05, 0) is 48.9 Å². The summed E-state index contributed by atoms with van der Waals surface area (Å²) in [4.78, 5) is 0.161. The van der Waals surface area contributed by atoms with Crippen LogP contribution in [0.15, 0.2) is 47.4 Å². The van der Waals surface area contributed by atoms with Gasteiger partial charge in [-0.15, -0.1) is 0 Å². The molecular weight excluding hydrogens is 338 g/mol. The normalized spacial score (nSPS) is 12.7. The summed E-state index contributed by atoms with van der Waals surface area (Å²) >= 11 is 5.78. The fourth-order valence-corrected chi connectivity index (χ4v) is 3.46. The average Bonchev–Trinajstić information content (AvgIpc) is 2.54. The van der Waals surface area contributed by atoms with E-state index in [2.05, 4.69) is 4.72 Å². The second kappa shape index (κ2) is 7.21. The van der Waals surface area contributed by atoms with Crippen LogP contribution in [-0.2, 0) is 10.0 Å². The van der Waals surface area contributed by atoms with E-state index in [4.69, 9.17) is 21.1 Å². The highest BCUT2D eigenvalue weighted by Gasteiger charge is 2.19. The zero-order valence-corrected chi connectivity index (χ0v) is 14.6. The van der Waals surface area contributed by atoms with E-state index in [1.54, 1.807) is 32.2 Å². The van der Waals surface area contributed by atoms with Gasteiger partial charge in [0.05, 0.1) is 19.1 Å². The minimum Gasteiger partial charge on any atom is -0.493 e. The Labute approximate surface area is 141 Å². The maximum Gasteiger partial charge on any atom is 0.241 e. The molecule has 0 aliphatic heterocycles. The number of hydrogen-bond acceptors (Lipinski definition) is 4. The van der Waals surface area contributed by atoms with Crippen LogP contribution >= 0.6 is 11.6 Å². The molecule has 0 amide bonds. The number of hydrogen-bond donors (Lipinski definition) is 1. The lowest BCUT2D eigenvalue weighted by molar-refractivity contribution is 0.354. The maximum absolute atomic E-state index is 12.4. The minimum absolute atomic E-state index is 0.161. The summed E-state index contributed by atoms with van der Waals surface area (Å²) in [5.41, 5.74) is 0.764. The van der Waals surface area contributed by atoms with Crippen molar-refractivity contribution in [2.24, 2.45) is 0 Å². The van der Waals surface area contributed by atoms with E-state index in [1.807, 2.05) is 0 Å². The largest absolute Gasteiger partial charge is 0.493 e. The van der Waals surface area contributed by atoms with Crippen LogP contribution in [-0.4, -0.2) is 22.6 Å². The second-order valence-electron chi connectivity index (χ2n) is 4.91. The van der Waals surface area contributed by atoms with Crippen molar-refractivity contribution in [2.45, 2.75) is 17.9 Å². The predicted molar refractivity (Wildman–Crippen MR) is 89.7 cm³/mol. The Kier molecular flexibility index (Phi) is 5.51. The summed E-state index contributed by atoms with van der Waals surface area (Å²) in [6.07, 6.45) is 0. The molecule has 0 aliphatic carbocycles. The van der Waals surface area contributed by atoms with Crippen LogP contribution in [0.4, 0.5) is 0 Å². The second-order valence-corrected chi connectivity index (χ2v) is 7.06. The zero-order valence-electron chi connectivity index (χ0n) is 13.0. The summed E-state index contributed by atoms with van der Waals surface area (Å²) in [6, 6.07) is 10.8. The lowest BCUT2D eigenvalue weighted by Crippen LogP contribution is -2.26. The van der Waals surface area contributed by atoms with Gasteiger partial charge in [0.15, 0.2) is 11.5 Å². The van der Waals surface area contributed by atoms with Gasteiger partial charge in [0.2, 0.25) is 10.0 Å². The Morgan fingerprint density at radius 2 is 1.61 bits per heavy atom. The Morgan fingerprint density at radius 3 is 2.17 bits per heavy atom. The standard InChI is InChI=1S/C16H18ClNO4S/c1-11(12-4-9-15(21-2)16(10-12)22-3)18-23(19,20)14-7-5-13(17)6-8-14/h4-11,18H,1-3H3/t11-/m1/s1. The van der Waals surface area contributed by atoms with E-state index >= 15 is 0 Å². The number of methoxy groups -OCH3 is 2. The zero-order chi connectivity index (χ0) is 17.0. The first-order valence-corrected chi connectivity index (χ1v) is 8.73. The van der Waals surface area contributed by atoms with Crippen molar-refractivity contribution < 1.29 is 17.9 Å². The van der Waals surface area contributed by atoms with Crippen LogP contribution in [0.25, 0.3) is 0 Å². The Bertz CT molecular complexity index is 775. The van der Waals surface area contributed by atoms with Gasteiger partial charge >= 0.3 is 0 Å². The molecule has 124 valence electrons. The van der Waals surface area contributed by atoms with Gasteiger partial charge in [-0.25, -0.2) is 13.1 Å². The molecule has 1 N–H and O–H groups in total. The van der Waals surface area contributed by atoms with E-state index in [1.165, 1.54) is 31.4 Å². The summed E-state index contributed by atoms with van der Waals surface area (Å²) in [6.45, 7) is 1.76. The van der Waals surface area contributed by atoms with Crippen molar-refractivity contribution in [1.82, 2.24) is 4.72 Å². The van der Waals surface area contributed by atoms with Crippen LogP contribution in [0, 0.1) is 0 Å². The average molecular weight is 356 g/mol. The van der Waals surface area contributed by atoms with Gasteiger partial charge in [-0.1, -0.05) is 17.7 Å². The van der Waals surface area contributed by atoms with Gasteiger partial charge in [-0.3, -0.25) is 0 Å². The number of sulfonamides is 1. The molecule has 1 atom stereocenters. The molecule has 0 fully saturated rings. The molecule has 0 heterocycles. The monoisotopic (exact) mass is 355 g/mol. The summed E-state index contributed by atoms with van der Waals surface area (Å²) < 4.78 is 37.8. The quantitative estimate of drug-likeness (QED) is 0.862. The first kappa shape index (κ1) is 17.6. The third-order valence-corrected chi connectivity index (χ3v) is 5.17. The molecule has 0 saturated carbocycles. The van der Waals surface area contributed by atoms with E-state index in [0.717, 1.165) is 5.56 Å². The molecule has 0 aromatic heterocycles. The van der Waals surface area contributed by atoms with Gasteiger partial charge in [-0.2, -0.15) is 0 Å². The molecule has 0 spiro atoms. The molecule has 2 aromatic rings. The fourth-order valence-electron chi connectivity index (χ4n) is 2.10. The number of ether oxygens (including phenoxy) is 2. The van der Waals surface area contributed by atoms with Crippen molar-refractivity contribution >= 4 is 21.6 Å². The minimum atomic E-state index is -3.64. The summed E-state index contributed by atoms with van der Waals surface area (Å²) in [7, 11) is -0.563. The first-order chi connectivity index (χ1) is 10.9. The van der Waals surface area contributed by atoms with Crippen molar-refractivity contribution in [3.8, 4) is 11.5 Å². The molecule has 2 aromatic carbocycles. The van der Waals surface area contributed by atoms with Crippen LogP contribution < -0.4 is 14.2 Å². The van der Waals surface area contributed by atoms with Crippen molar-refractivity contribution in [2.75, 3.05) is 14.2 Å². The lowest BCUT2D eigenvalue weighted by Gasteiger charge is -2.16. The van der Waals surface area contributed by atoms with Crippen molar-refractivity contribution in [3.05, 3.63) is 53.1 Å². The third-order valence-electron chi connectivity index (χ3n) is 3.36. The Hall–Kier alpha value is -1.76. The van der Waals surface area contributed by atoms with Gasteiger partial charge < -0.3 is 9.47 Å². The smallest absolute Gasteiger partial charge is 0.241 e. The van der Waals surface area contributed by atoms with Crippen LogP contribution in [0.3, 0.4) is 0 Å². The number of nitrogens with one attached hydrogen (secondary N) is 1. The van der Waals surface area contributed by atoms with Gasteiger partial charge in [0.25, 0.3) is 0 Å². The van der Waals surface area contributed by atoms with E-state index in [9.17, 15) is 8.42 Å². The molecule has 0 radical (unpaired) electrons. The Balaban J connectivity index is 2.24. The van der Waals surface area contributed by atoms with Crippen LogP contribution in [0.2, 0.25) is 5.02 Å². The first-order valence-electron chi connectivity index (χ1n) is 6.87. The summed E-state index contributed by atoms with van der Waals surface area (Å²) in [5.74, 6) is 1.13. The predicted octanol–water partition coefficient (Wildman–Crippen LogP) is 3.40. The molecule has 0 unspecified atom stereocenters. The molecule has 0 bridgehead atoms. The van der Waals surface area contributed by atoms with E-state index < -0.39 is 16.1 Å². The number of rotatable bonds is 6. The van der Waals surface area contributed by atoms with Gasteiger partial charge in [0, 0.05) is 11.1 Å². The lowest BCUT2D eigenvalue weighted by atomic mass is 10.1. The molecule has 0 aliphatic rings. The number of benzene rings is 2. The third kappa shape index (κ3) is 4.16. The van der Waals surface area contributed by atoms with Gasteiger partial charge in [0.1, 0.15) is 0 Å². The Morgan fingerprint density at radius 1 is 1.00 bits per heavy atom. The highest BCUT2D eigenvalue weighted by atomic mass is 35.5. The molecule has 23 heavy (non-hydrogen) atoms. The van der Waals surface area contributed by atoms with Crippen LogP contribution in [0.1, 0.15) is 18.5 Å². The molecule has 7 heteroatoms. The summed E-state index contributed by atoms with van der Waals surface area (Å²) in [5, 5.41) is 0.483. The molecular formula is C16H18ClNO4S. The maximum atomic E-state index is 12.4. The topological polar surface area (TPSA) is 64.6 Å². The highest BCUT2D eigenvalue weighted by molar-refractivity contribution is 7.89. The molecule has 5 nitrogen and oxygen atoms in total. The SMILES string of the molecule is COc1ccc([C@@H](C)NS(=O)(=O)c2ccc(Cl)cc2)cc1OC. The molecule has 0 saturated heterocycles.